The summed E-state index contributed by atoms with van der Waals surface area (Å²) < 4.78 is 57.9. The van der Waals surface area contributed by atoms with E-state index >= 15 is 0 Å². The van der Waals surface area contributed by atoms with E-state index < -0.39 is 24.0 Å². The zero-order valence-electron chi connectivity index (χ0n) is 17.8. The average molecular weight is 483 g/mol. The van der Waals surface area contributed by atoms with E-state index in [9.17, 15) is 22.4 Å². The summed E-state index contributed by atoms with van der Waals surface area (Å²) in [5, 5.41) is 6.61. The minimum Gasteiger partial charge on any atom is -0.415 e. The smallest absolute Gasteiger partial charge is 0.314 e. The monoisotopic (exact) mass is 482 g/mol. The highest BCUT2D eigenvalue weighted by molar-refractivity contribution is 7.99. The van der Waals surface area contributed by atoms with Crippen molar-refractivity contribution in [2.24, 2.45) is 0 Å². The van der Waals surface area contributed by atoms with E-state index in [0.717, 1.165) is 11.0 Å². The van der Waals surface area contributed by atoms with Crippen molar-refractivity contribution in [2.75, 3.05) is 36.5 Å². The van der Waals surface area contributed by atoms with Gasteiger partial charge in [-0.25, -0.2) is 8.78 Å². The van der Waals surface area contributed by atoms with Crippen LogP contribution in [0.15, 0.2) is 46.9 Å². The van der Waals surface area contributed by atoms with Crippen LogP contribution in [0, 0.1) is 11.6 Å². The van der Waals surface area contributed by atoms with E-state index in [4.69, 9.17) is 4.42 Å². The fourth-order valence-electron chi connectivity index (χ4n) is 2.95. The number of nitrogens with zero attached hydrogens (tertiary/aromatic N) is 4. The standard InChI is InChI=1S/C17H11F4N3O2.C5H11NS/c18-12-3-1-2-4-14(12)24(9-25)8-11-6-5-10(7-13(11)19)16-22-23-17(26-16)15(20)21;1-6-2-4-7-5-3-6/h1-7,9,15H,8H2;2-5H2,1H3. The summed E-state index contributed by atoms with van der Waals surface area (Å²) in [7, 11) is 2.18. The molecule has 176 valence electrons. The number of anilines is 1. The molecule has 0 aliphatic carbocycles. The van der Waals surface area contributed by atoms with Crippen molar-refractivity contribution in [3.63, 3.8) is 0 Å². The Bertz CT molecular complexity index is 1060. The van der Waals surface area contributed by atoms with Gasteiger partial charge in [-0.05, 0) is 31.3 Å². The van der Waals surface area contributed by atoms with Crippen molar-refractivity contribution in [3.05, 3.63) is 65.6 Å². The van der Waals surface area contributed by atoms with Crippen LogP contribution in [-0.2, 0) is 11.3 Å². The molecule has 3 aromatic rings. The van der Waals surface area contributed by atoms with E-state index in [1.807, 2.05) is 0 Å². The van der Waals surface area contributed by atoms with Crippen LogP contribution in [0.4, 0.5) is 23.2 Å². The number of benzene rings is 2. The molecule has 2 heterocycles. The lowest BCUT2D eigenvalue weighted by molar-refractivity contribution is -0.107. The van der Waals surface area contributed by atoms with Crippen molar-refractivity contribution >= 4 is 23.9 Å². The number of para-hydroxylation sites is 1. The van der Waals surface area contributed by atoms with Crippen LogP contribution in [0.5, 0.6) is 0 Å². The Labute approximate surface area is 192 Å². The van der Waals surface area contributed by atoms with Crippen LogP contribution >= 0.6 is 11.8 Å². The second-order valence-corrected chi connectivity index (χ2v) is 8.38. The van der Waals surface area contributed by atoms with Crippen LogP contribution in [0.2, 0.25) is 0 Å². The van der Waals surface area contributed by atoms with Gasteiger partial charge in [0.05, 0.1) is 12.2 Å². The third kappa shape index (κ3) is 6.78. The van der Waals surface area contributed by atoms with Gasteiger partial charge in [0, 0.05) is 35.7 Å². The van der Waals surface area contributed by atoms with Gasteiger partial charge in [-0.3, -0.25) is 4.79 Å². The molecule has 0 atom stereocenters. The summed E-state index contributed by atoms with van der Waals surface area (Å²) in [4.78, 5) is 14.6. The maximum atomic E-state index is 14.3. The molecule has 0 spiro atoms. The van der Waals surface area contributed by atoms with Crippen molar-refractivity contribution in [1.29, 1.82) is 0 Å². The Hall–Kier alpha value is -2.92. The maximum Gasteiger partial charge on any atom is 0.314 e. The molecule has 0 N–H and O–H groups in total. The topological polar surface area (TPSA) is 62.5 Å². The molecule has 6 nitrogen and oxygen atoms in total. The Morgan fingerprint density at radius 1 is 1.12 bits per heavy atom. The van der Waals surface area contributed by atoms with Crippen LogP contribution in [-0.4, -0.2) is 53.2 Å². The highest BCUT2D eigenvalue weighted by Gasteiger charge is 2.19. The minimum absolute atomic E-state index is 0.00412. The van der Waals surface area contributed by atoms with Gasteiger partial charge < -0.3 is 14.2 Å². The van der Waals surface area contributed by atoms with Crippen molar-refractivity contribution in [3.8, 4) is 11.5 Å². The van der Waals surface area contributed by atoms with Crippen molar-refractivity contribution in [2.45, 2.75) is 13.0 Å². The quantitative estimate of drug-likeness (QED) is 0.372. The molecule has 0 radical (unpaired) electrons. The molecular weight excluding hydrogens is 460 g/mol. The molecule has 2 aromatic carbocycles. The molecular formula is C22H22F4N4O2S. The van der Waals surface area contributed by atoms with Gasteiger partial charge in [-0.2, -0.15) is 20.5 Å². The van der Waals surface area contributed by atoms with Crippen LogP contribution in [0.25, 0.3) is 11.5 Å². The number of hydrogen-bond acceptors (Lipinski definition) is 6. The first-order chi connectivity index (χ1) is 15.9. The Balaban J connectivity index is 0.000000374. The highest BCUT2D eigenvalue weighted by atomic mass is 32.2. The van der Waals surface area contributed by atoms with Gasteiger partial charge in [0.15, 0.2) is 0 Å². The SMILES string of the molecule is CN1CCSCC1.O=CN(Cc1ccc(-c2nnc(C(F)F)o2)cc1F)c1ccccc1F. The number of carbonyl (C=O) groups excluding carboxylic acids is 1. The van der Waals surface area contributed by atoms with E-state index in [1.165, 1.54) is 54.9 Å². The van der Waals surface area contributed by atoms with Gasteiger partial charge in [0.1, 0.15) is 11.6 Å². The molecule has 0 saturated carbocycles. The zero-order chi connectivity index (χ0) is 23.8. The number of rotatable bonds is 6. The van der Waals surface area contributed by atoms with Crippen LogP contribution in [0.1, 0.15) is 17.9 Å². The van der Waals surface area contributed by atoms with E-state index in [-0.39, 0.29) is 29.2 Å². The third-order valence-corrected chi connectivity index (χ3v) is 5.73. The maximum absolute atomic E-state index is 14.3. The first kappa shape index (κ1) is 24.7. The Morgan fingerprint density at radius 3 is 2.39 bits per heavy atom. The molecule has 0 unspecified atom stereocenters. The lowest BCUT2D eigenvalue weighted by atomic mass is 10.1. The third-order valence-electron chi connectivity index (χ3n) is 4.79. The molecule has 1 saturated heterocycles. The number of amides is 1. The molecule has 33 heavy (non-hydrogen) atoms. The number of thioether (sulfide) groups is 1. The summed E-state index contributed by atoms with van der Waals surface area (Å²) in [5.41, 5.74) is 0.205. The predicted molar refractivity (Wildman–Crippen MR) is 118 cm³/mol. The van der Waals surface area contributed by atoms with Crippen molar-refractivity contribution in [1.82, 2.24) is 15.1 Å². The zero-order valence-corrected chi connectivity index (χ0v) is 18.6. The summed E-state index contributed by atoms with van der Waals surface area (Å²) in [5.74, 6) is 0.181. The molecule has 1 amide bonds. The van der Waals surface area contributed by atoms with Crippen LogP contribution < -0.4 is 4.90 Å². The molecule has 1 aliphatic rings. The van der Waals surface area contributed by atoms with Gasteiger partial charge in [-0.1, -0.05) is 18.2 Å². The van der Waals surface area contributed by atoms with E-state index in [1.54, 1.807) is 6.07 Å². The second kappa shape index (κ2) is 11.8. The molecule has 11 heteroatoms. The second-order valence-electron chi connectivity index (χ2n) is 7.15. The Kier molecular flexibility index (Phi) is 8.84. The minimum atomic E-state index is -2.93. The molecule has 1 fully saturated rings. The predicted octanol–water partition coefficient (Wildman–Crippen LogP) is 4.78. The average Bonchev–Trinajstić information content (AvgIpc) is 3.31. The molecule has 4 rings (SSSR count). The summed E-state index contributed by atoms with van der Waals surface area (Å²) in [6.07, 6.45) is -2.54. The summed E-state index contributed by atoms with van der Waals surface area (Å²) in [6.45, 7) is 2.35. The summed E-state index contributed by atoms with van der Waals surface area (Å²) >= 11 is 2.06. The number of aromatic nitrogens is 2. The Morgan fingerprint density at radius 2 is 1.85 bits per heavy atom. The first-order valence-electron chi connectivity index (χ1n) is 10.0. The highest BCUT2D eigenvalue weighted by Crippen LogP contribution is 2.26. The number of carbonyl (C=O) groups is 1. The van der Waals surface area contributed by atoms with Crippen molar-refractivity contribution < 1.29 is 26.8 Å². The normalized spacial score (nSPS) is 14.0. The van der Waals surface area contributed by atoms with E-state index in [0.29, 0.717) is 6.41 Å². The lowest BCUT2D eigenvalue weighted by Gasteiger charge is -2.20. The lowest BCUT2D eigenvalue weighted by Crippen LogP contribution is -2.28. The van der Waals surface area contributed by atoms with Crippen LogP contribution in [0.3, 0.4) is 0 Å². The molecule has 1 aromatic heterocycles. The number of alkyl halides is 2. The fourth-order valence-corrected chi connectivity index (χ4v) is 4.04. The van der Waals surface area contributed by atoms with Gasteiger partial charge in [0.25, 0.3) is 5.89 Å². The van der Waals surface area contributed by atoms with E-state index in [2.05, 4.69) is 33.9 Å². The molecule has 0 bridgehead atoms. The van der Waals surface area contributed by atoms with Gasteiger partial charge >= 0.3 is 6.43 Å². The fraction of sp³-hybridized carbons (Fsp3) is 0.318. The molecule has 1 aliphatic heterocycles. The largest absolute Gasteiger partial charge is 0.415 e. The number of hydrogen-bond donors (Lipinski definition) is 0. The van der Waals surface area contributed by atoms with Gasteiger partial charge in [-0.15, -0.1) is 10.2 Å². The number of halogens is 4. The first-order valence-corrected chi connectivity index (χ1v) is 11.2. The van der Waals surface area contributed by atoms with Gasteiger partial charge in [0.2, 0.25) is 12.3 Å². The summed E-state index contributed by atoms with van der Waals surface area (Å²) in [6, 6.07) is 9.31.